The number of aromatic hydroxyl groups is 1. The van der Waals surface area contributed by atoms with Gasteiger partial charge in [0.1, 0.15) is 11.6 Å². The van der Waals surface area contributed by atoms with Gasteiger partial charge in [0.25, 0.3) is 0 Å². The van der Waals surface area contributed by atoms with Crippen LogP contribution in [0.15, 0.2) is 24.3 Å². The molecule has 0 saturated carbocycles. The van der Waals surface area contributed by atoms with E-state index in [0.29, 0.717) is 23.6 Å². The van der Waals surface area contributed by atoms with Crippen molar-refractivity contribution in [1.29, 1.82) is 0 Å². The maximum Gasteiger partial charge on any atom is 0.416 e. The van der Waals surface area contributed by atoms with Gasteiger partial charge in [0.2, 0.25) is 0 Å². The summed E-state index contributed by atoms with van der Waals surface area (Å²) in [6.45, 7) is 3.26. The summed E-state index contributed by atoms with van der Waals surface area (Å²) in [5.74, 6) is 0.124. The van der Waals surface area contributed by atoms with Crippen molar-refractivity contribution in [3.05, 3.63) is 35.4 Å². The Labute approximate surface area is 143 Å². The van der Waals surface area contributed by atoms with Gasteiger partial charge in [-0.2, -0.15) is 13.2 Å². The number of hydrogen-bond donors (Lipinski definition) is 3. The second kappa shape index (κ2) is 6.87. The molecule has 2 aromatic rings. The predicted octanol–water partition coefficient (Wildman–Crippen LogP) is 3.34. The zero-order valence-electron chi connectivity index (χ0n) is 13.7. The largest absolute Gasteiger partial charge is 0.507 e. The number of aromatic nitrogens is 2. The molecule has 0 spiro atoms. The lowest BCUT2D eigenvalue weighted by Gasteiger charge is -2.14. The monoisotopic (exact) mass is 352 g/mol. The van der Waals surface area contributed by atoms with Gasteiger partial charge >= 0.3 is 6.18 Å². The Hall–Kier alpha value is -2.35. The van der Waals surface area contributed by atoms with E-state index in [1.165, 1.54) is 6.92 Å². The van der Waals surface area contributed by atoms with Crippen molar-refractivity contribution in [2.24, 2.45) is 0 Å². The number of phenols is 1. The van der Waals surface area contributed by atoms with Crippen LogP contribution in [0.4, 0.5) is 19.0 Å². The summed E-state index contributed by atoms with van der Waals surface area (Å²) in [7, 11) is 0. The van der Waals surface area contributed by atoms with Gasteiger partial charge in [-0.1, -0.05) is 0 Å². The number of alkyl halides is 3. The summed E-state index contributed by atoms with van der Waals surface area (Å²) in [4.78, 5) is 0. The van der Waals surface area contributed by atoms with E-state index in [1.807, 2.05) is 0 Å². The minimum Gasteiger partial charge on any atom is -0.507 e. The highest BCUT2D eigenvalue weighted by Crippen LogP contribution is 2.38. The summed E-state index contributed by atoms with van der Waals surface area (Å²) in [6, 6.07) is 5.44. The molecule has 0 aliphatic carbocycles. The van der Waals surface area contributed by atoms with Gasteiger partial charge in [-0.15, -0.1) is 10.2 Å². The summed E-state index contributed by atoms with van der Waals surface area (Å²) >= 11 is 0. The van der Waals surface area contributed by atoms with Crippen molar-refractivity contribution < 1.29 is 18.3 Å². The van der Waals surface area contributed by atoms with E-state index >= 15 is 0 Å². The van der Waals surface area contributed by atoms with E-state index in [-0.39, 0.29) is 11.1 Å². The number of halogens is 3. The molecule has 3 rings (SSSR count). The van der Waals surface area contributed by atoms with Crippen LogP contribution in [0.1, 0.15) is 24.0 Å². The molecule has 1 aliphatic rings. The number of hydrogen-bond acceptors (Lipinski definition) is 5. The Kier molecular flexibility index (Phi) is 4.80. The van der Waals surface area contributed by atoms with E-state index in [1.54, 1.807) is 12.1 Å². The molecule has 1 unspecified atom stereocenters. The Morgan fingerprint density at radius 1 is 1.28 bits per heavy atom. The fourth-order valence-electron chi connectivity index (χ4n) is 2.98. The predicted molar refractivity (Wildman–Crippen MR) is 88.4 cm³/mol. The van der Waals surface area contributed by atoms with E-state index in [9.17, 15) is 18.3 Å². The highest BCUT2D eigenvalue weighted by Gasteiger charge is 2.32. The maximum atomic E-state index is 12.8. The van der Waals surface area contributed by atoms with Crippen LogP contribution in [0, 0.1) is 6.92 Å². The fourth-order valence-corrected chi connectivity index (χ4v) is 2.98. The van der Waals surface area contributed by atoms with Gasteiger partial charge in [-0.05, 0) is 56.1 Å². The number of aryl methyl sites for hydroxylation is 1. The van der Waals surface area contributed by atoms with Crippen LogP contribution in [-0.4, -0.2) is 34.4 Å². The zero-order chi connectivity index (χ0) is 18.0. The highest BCUT2D eigenvalue weighted by atomic mass is 19.4. The number of nitrogens with zero attached hydrogens (tertiary/aromatic N) is 2. The number of anilines is 1. The molecule has 2 heterocycles. The molecule has 8 heteroatoms. The van der Waals surface area contributed by atoms with Gasteiger partial charge in [0.15, 0.2) is 0 Å². The first-order valence-electron chi connectivity index (χ1n) is 8.07. The van der Waals surface area contributed by atoms with Gasteiger partial charge in [0.05, 0.1) is 11.3 Å². The van der Waals surface area contributed by atoms with Crippen LogP contribution in [-0.2, 0) is 6.18 Å². The summed E-state index contributed by atoms with van der Waals surface area (Å²) in [6.07, 6.45) is -2.24. The molecule has 3 N–H and O–H groups in total. The van der Waals surface area contributed by atoms with E-state index < -0.39 is 17.5 Å². The average molecular weight is 352 g/mol. The van der Waals surface area contributed by atoms with Crippen LogP contribution in [0.5, 0.6) is 5.75 Å². The molecule has 0 radical (unpaired) electrons. The van der Waals surface area contributed by atoms with E-state index in [0.717, 1.165) is 32.0 Å². The van der Waals surface area contributed by atoms with Crippen molar-refractivity contribution in [3.63, 3.8) is 0 Å². The molecule has 134 valence electrons. The van der Waals surface area contributed by atoms with Crippen molar-refractivity contribution in [3.8, 4) is 17.0 Å². The molecule has 1 aromatic heterocycles. The second-order valence-electron chi connectivity index (χ2n) is 6.16. The van der Waals surface area contributed by atoms with Crippen LogP contribution in [0.3, 0.4) is 0 Å². The molecule has 0 bridgehead atoms. The molecule has 25 heavy (non-hydrogen) atoms. The van der Waals surface area contributed by atoms with Gasteiger partial charge < -0.3 is 15.7 Å². The molecule has 1 fully saturated rings. The zero-order valence-corrected chi connectivity index (χ0v) is 13.7. The molecule has 5 nitrogen and oxygen atoms in total. The number of nitrogens with one attached hydrogen (secondary N) is 2. The van der Waals surface area contributed by atoms with Crippen LogP contribution in [0.2, 0.25) is 0 Å². The lowest BCUT2D eigenvalue weighted by Crippen LogP contribution is -2.29. The van der Waals surface area contributed by atoms with Crippen molar-refractivity contribution in [1.82, 2.24) is 15.5 Å². The van der Waals surface area contributed by atoms with Crippen molar-refractivity contribution >= 4 is 5.82 Å². The molecular weight excluding hydrogens is 333 g/mol. The number of rotatable bonds is 4. The van der Waals surface area contributed by atoms with Crippen molar-refractivity contribution in [2.75, 3.05) is 18.4 Å². The summed E-state index contributed by atoms with van der Waals surface area (Å²) < 4.78 is 38.4. The Morgan fingerprint density at radius 2 is 2.08 bits per heavy atom. The summed E-state index contributed by atoms with van der Waals surface area (Å²) in [5, 5.41) is 24.6. The first-order chi connectivity index (χ1) is 11.8. The molecule has 1 atom stereocenters. The first kappa shape index (κ1) is 17.5. The summed E-state index contributed by atoms with van der Waals surface area (Å²) in [5.41, 5.74) is -0.0168. The topological polar surface area (TPSA) is 70.1 Å². The molecule has 1 aliphatic heterocycles. The Bertz CT molecular complexity index is 718. The molecule has 1 aromatic carbocycles. The Balaban J connectivity index is 1.77. The fraction of sp³-hybridized carbons (Fsp3) is 0.412. The van der Waals surface area contributed by atoms with Gasteiger partial charge in [-0.25, -0.2) is 0 Å². The normalized spacial score (nSPS) is 17.7. The first-order valence-corrected chi connectivity index (χ1v) is 8.07. The third-order valence-electron chi connectivity index (χ3n) is 4.25. The maximum absolute atomic E-state index is 12.8. The number of benzene rings is 1. The van der Waals surface area contributed by atoms with Crippen molar-refractivity contribution in [2.45, 2.75) is 32.0 Å². The molecule has 0 amide bonds. The quantitative estimate of drug-likeness (QED) is 0.787. The second-order valence-corrected chi connectivity index (χ2v) is 6.16. The van der Waals surface area contributed by atoms with Crippen LogP contribution >= 0.6 is 0 Å². The lowest BCUT2D eigenvalue weighted by molar-refractivity contribution is -0.137. The minimum absolute atomic E-state index is 0.254. The lowest BCUT2D eigenvalue weighted by atomic mass is 10.0. The Morgan fingerprint density at radius 3 is 2.64 bits per heavy atom. The third kappa shape index (κ3) is 4.01. The number of phenolic OH excluding ortho intramolecular Hbond substituents is 1. The standard InChI is InChI=1S/C17H19F3N4O/c1-10-7-11(17(18,19)20)8-14(25)16(10)13-4-5-15(24-23-13)22-9-12-3-2-6-21-12/h4-5,7-8,12,21,25H,2-3,6,9H2,1H3,(H,22,24). The average Bonchev–Trinajstić information content (AvgIpc) is 3.06. The highest BCUT2D eigenvalue weighted by molar-refractivity contribution is 5.71. The van der Waals surface area contributed by atoms with E-state index in [2.05, 4.69) is 20.8 Å². The molecular formula is C17H19F3N4O. The third-order valence-corrected chi connectivity index (χ3v) is 4.25. The van der Waals surface area contributed by atoms with Crippen LogP contribution < -0.4 is 10.6 Å². The molecule has 1 saturated heterocycles. The van der Waals surface area contributed by atoms with Crippen LogP contribution in [0.25, 0.3) is 11.3 Å². The minimum atomic E-state index is -4.51. The van der Waals surface area contributed by atoms with Gasteiger partial charge in [-0.3, -0.25) is 0 Å². The SMILES string of the molecule is Cc1cc(C(F)(F)F)cc(O)c1-c1ccc(NCC2CCCN2)nn1. The van der Waals surface area contributed by atoms with E-state index in [4.69, 9.17) is 0 Å². The van der Waals surface area contributed by atoms with Gasteiger partial charge in [0, 0.05) is 18.2 Å². The smallest absolute Gasteiger partial charge is 0.416 e.